The molecule has 25 heavy (non-hydrogen) atoms. The summed E-state index contributed by atoms with van der Waals surface area (Å²) in [5, 5.41) is 9.04. The van der Waals surface area contributed by atoms with E-state index in [9.17, 15) is 4.79 Å². The molecule has 0 radical (unpaired) electrons. The van der Waals surface area contributed by atoms with Crippen LogP contribution in [0.15, 0.2) is 60.7 Å². The van der Waals surface area contributed by atoms with Crippen LogP contribution in [0, 0.1) is 0 Å². The van der Waals surface area contributed by atoms with Crippen LogP contribution in [0.2, 0.25) is 0 Å². The van der Waals surface area contributed by atoms with Crippen LogP contribution in [0.1, 0.15) is 23.5 Å². The number of hydrogen-bond acceptors (Lipinski definition) is 3. The number of nitrogens with zero attached hydrogens (tertiary/aromatic N) is 2. The zero-order valence-electron chi connectivity index (χ0n) is 14.6. The molecule has 1 amide bonds. The average Bonchev–Trinajstić information content (AvgIpc) is 2.68. The van der Waals surface area contributed by atoms with Crippen LogP contribution < -0.4 is 0 Å². The number of aliphatic hydroxyl groups is 1. The van der Waals surface area contributed by atoms with Crippen molar-refractivity contribution in [3.63, 3.8) is 0 Å². The molecule has 132 valence electrons. The number of hydrogen-bond donors (Lipinski definition) is 1. The van der Waals surface area contributed by atoms with E-state index >= 15 is 0 Å². The van der Waals surface area contributed by atoms with Crippen LogP contribution in [0.25, 0.3) is 0 Å². The van der Waals surface area contributed by atoms with Gasteiger partial charge in [0.2, 0.25) is 5.91 Å². The molecule has 0 atom stereocenters. The largest absolute Gasteiger partial charge is 0.395 e. The summed E-state index contributed by atoms with van der Waals surface area (Å²) in [6.45, 7) is 4.04. The predicted molar refractivity (Wildman–Crippen MR) is 99.4 cm³/mol. The number of carbonyl (C=O) groups excluding carboxylic acids is 1. The number of rotatable bonds is 6. The van der Waals surface area contributed by atoms with Gasteiger partial charge in [0, 0.05) is 45.1 Å². The van der Waals surface area contributed by atoms with Gasteiger partial charge in [-0.25, -0.2) is 0 Å². The van der Waals surface area contributed by atoms with Crippen LogP contribution in [-0.4, -0.2) is 60.1 Å². The minimum atomic E-state index is 0.0883. The summed E-state index contributed by atoms with van der Waals surface area (Å²) in [6, 6.07) is 20.5. The molecule has 1 aliphatic heterocycles. The fraction of sp³-hybridized carbons (Fsp3) is 0.381. The maximum absolute atomic E-state index is 12.9. The Morgan fingerprint density at radius 1 is 0.880 bits per heavy atom. The summed E-state index contributed by atoms with van der Waals surface area (Å²) in [5.41, 5.74) is 2.36. The minimum absolute atomic E-state index is 0.0883. The lowest BCUT2D eigenvalue weighted by molar-refractivity contribution is -0.133. The third-order valence-electron chi connectivity index (χ3n) is 4.92. The van der Waals surface area contributed by atoms with Crippen LogP contribution in [0.4, 0.5) is 0 Å². The molecule has 0 aliphatic carbocycles. The second-order valence-electron chi connectivity index (χ2n) is 6.52. The Labute approximate surface area is 149 Å². The highest BCUT2D eigenvalue weighted by molar-refractivity contribution is 5.78. The van der Waals surface area contributed by atoms with Crippen molar-refractivity contribution in [2.75, 3.05) is 39.3 Å². The van der Waals surface area contributed by atoms with Gasteiger partial charge in [-0.05, 0) is 11.1 Å². The molecule has 4 heteroatoms. The molecule has 0 spiro atoms. The number of carbonyl (C=O) groups is 1. The topological polar surface area (TPSA) is 43.8 Å². The molecule has 2 aromatic rings. The summed E-state index contributed by atoms with van der Waals surface area (Å²) < 4.78 is 0. The molecular weight excluding hydrogens is 312 g/mol. The molecule has 0 bridgehead atoms. The highest BCUT2D eigenvalue weighted by Gasteiger charge is 2.24. The van der Waals surface area contributed by atoms with Crippen LogP contribution in [0.3, 0.4) is 0 Å². The molecule has 1 N–H and O–H groups in total. The third-order valence-corrected chi connectivity index (χ3v) is 4.92. The Hall–Kier alpha value is -2.17. The van der Waals surface area contributed by atoms with Crippen LogP contribution in [-0.2, 0) is 4.79 Å². The van der Waals surface area contributed by atoms with Gasteiger partial charge in [0.1, 0.15) is 0 Å². The molecule has 1 saturated heterocycles. The van der Waals surface area contributed by atoms with Crippen molar-refractivity contribution in [1.82, 2.24) is 9.80 Å². The van der Waals surface area contributed by atoms with Crippen molar-refractivity contribution in [2.45, 2.75) is 12.3 Å². The summed E-state index contributed by atoms with van der Waals surface area (Å²) in [6.07, 6.45) is 0.494. The summed E-state index contributed by atoms with van der Waals surface area (Å²) in [5.74, 6) is 0.298. The number of benzene rings is 2. The zero-order chi connectivity index (χ0) is 17.5. The van der Waals surface area contributed by atoms with Gasteiger partial charge < -0.3 is 10.0 Å². The Morgan fingerprint density at radius 3 is 1.88 bits per heavy atom. The maximum atomic E-state index is 12.9. The van der Waals surface area contributed by atoms with Gasteiger partial charge in [-0.1, -0.05) is 60.7 Å². The van der Waals surface area contributed by atoms with Crippen molar-refractivity contribution in [3.8, 4) is 0 Å². The second-order valence-corrected chi connectivity index (χ2v) is 6.52. The van der Waals surface area contributed by atoms with Gasteiger partial charge in [0.25, 0.3) is 0 Å². The summed E-state index contributed by atoms with van der Waals surface area (Å²) in [7, 11) is 0. The summed E-state index contributed by atoms with van der Waals surface area (Å²) >= 11 is 0. The maximum Gasteiger partial charge on any atom is 0.223 e. The van der Waals surface area contributed by atoms with Crippen molar-refractivity contribution in [2.24, 2.45) is 0 Å². The Balaban J connectivity index is 1.70. The van der Waals surface area contributed by atoms with E-state index in [0.29, 0.717) is 13.0 Å². The number of aliphatic hydroxyl groups excluding tert-OH is 1. The Kier molecular flexibility index (Phi) is 6.20. The van der Waals surface area contributed by atoms with E-state index in [1.165, 1.54) is 11.1 Å². The molecule has 4 nitrogen and oxygen atoms in total. The Morgan fingerprint density at radius 2 is 1.40 bits per heavy atom. The van der Waals surface area contributed by atoms with E-state index < -0.39 is 0 Å². The first-order chi connectivity index (χ1) is 12.3. The minimum Gasteiger partial charge on any atom is -0.395 e. The van der Waals surface area contributed by atoms with Gasteiger partial charge in [0.05, 0.1) is 6.61 Å². The van der Waals surface area contributed by atoms with Gasteiger partial charge in [0.15, 0.2) is 0 Å². The van der Waals surface area contributed by atoms with E-state index in [4.69, 9.17) is 5.11 Å². The first kappa shape index (κ1) is 17.6. The molecule has 0 saturated carbocycles. The molecule has 1 heterocycles. The lowest BCUT2D eigenvalue weighted by Crippen LogP contribution is -2.49. The molecule has 3 rings (SSSR count). The molecule has 1 fully saturated rings. The lowest BCUT2D eigenvalue weighted by Gasteiger charge is -2.35. The standard InChI is InChI=1S/C21H26N2O2/c24-16-15-22-11-13-23(14-12-22)21(25)17-20(18-7-3-1-4-8-18)19-9-5-2-6-10-19/h1-10,20,24H,11-17H2. The smallest absolute Gasteiger partial charge is 0.223 e. The molecular formula is C21H26N2O2. The lowest BCUT2D eigenvalue weighted by atomic mass is 9.88. The van der Waals surface area contributed by atoms with Crippen molar-refractivity contribution < 1.29 is 9.90 Å². The molecule has 1 aliphatic rings. The van der Waals surface area contributed by atoms with E-state index in [-0.39, 0.29) is 18.4 Å². The second kappa shape index (κ2) is 8.79. The first-order valence-corrected chi connectivity index (χ1v) is 8.99. The predicted octanol–water partition coefficient (Wildman–Crippen LogP) is 2.35. The van der Waals surface area contributed by atoms with Crippen molar-refractivity contribution in [3.05, 3.63) is 71.8 Å². The quantitative estimate of drug-likeness (QED) is 0.879. The number of amides is 1. The average molecular weight is 338 g/mol. The van der Waals surface area contributed by atoms with E-state index in [2.05, 4.69) is 29.2 Å². The number of piperazine rings is 1. The zero-order valence-corrected chi connectivity index (χ0v) is 14.6. The molecule has 0 aromatic heterocycles. The Bertz CT molecular complexity index is 613. The fourth-order valence-corrected chi connectivity index (χ4v) is 3.46. The van der Waals surface area contributed by atoms with Crippen molar-refractivity contribution >= 4 is 5.91 Å². The van der Waals surface area contributed by atoms with Gasteiger partial charge >= 0.3 is 0 Å². The monoisotopic (exact) mass is 338 g/mol. The van der Waals surface area contributed by atoms with Gasteiger partial charge in [-0.15, -0.1) is 0 Å². The SMILES string of the molecule is O=C(CC(c1ccccc1)c1ccccc1)N1CCN(CCO)CC1. The first-order valence-electron chi connectivity index (χ1n) is 8.99. The third kappa shape index (κ3) is 4.68. The van der Waals surface area contributed by atoms with Crippen LogP contribution >= 0.6 is 0 Å². The van der Waals surface area contributed by atoms with Crippen molar-refractivity contribution in [1.29, 1.82) is 0 Å². The molecule has 2 aromatic carbocycles. The van der Waals surface area contributed by atoms with E-state index in [0.717, 1.165) is 26.2 Å². The highest BCUT2D eigenvalue weighted by Crippen LogP contribution is 2.28. The summed E-state index contributed by atoms with van der Waals surface area (Å²) in [4.78, 5) is 17.0. The van der Waals surface area contributed by atoms with Crippen LogP contribution in [0.5, 0.6) is 0 Å². The number of β-amino-alcohol motifs (C(OH)–C–C–N with tert-alkyl or cyclic N) is 1. The van der Waals surface area contributed by atoms with E-state index in [1.807, 2.05) is 41.3 Å². The molecule has 0 unspecified atom stereocenters. The fourth-order valence-electron chi connectivity index (χ4n) is 3.46. The highest BCUT2D eigenvalue weighted by atomic mass is 16.3. The van der Waals surface area contributed by atoms with E-state index in [1.54, 1.807) is 0 Å². The normalized spacial score (nSPS) is 15.5. The van der Waals surface area contributed by atoms with Gasteiger partial charge in [-0.3, -0.25) is 9.69 Å². The van der Waals surface area contributed by atoms with Gasteiger partial charge in [-0.2, -0.15) is 0 Å².